The monoisotopic (exact) mass is 242 g/mol. The Balaban J connectivity index is 2.23. The molecule has 0 heterocycles. The van der Waals surface area contributed by atoms with Crippen molar-refractivity contribution >= 4 is 28.4 Å². The van der Waals surface area contributed by atoms with Gasteiger partial charge in [0, 0.05) is 31.2 Å². The van der Waals surface area contributed by atoms with Crippen LogP contribution in [0.5, 0.6) is 0 Å². The molecule has 0 radical (unpaired) electrons. The average molecular weight is 242 g/mol. The molecule has 2 rings (SSSR count). The van der Waals surface area contributed by atoms with E-state index in [4.69, 9.17) is 11.5 Å². The summed E-state index contributed by atoms with van der Waals surface area (Å²) in [6, 6.07) is 13.7. The number of nitrogens with two attached hydrogens (primary N) is 2. The summed E-state index contributed by atoms with van der Waals surface area (Å²) in [7, 11) is 4.03. The van der Waals surface area contributed by atoms with Crippen LogP contribution >= 0.6 is 0 Å². The fraction of sp³-hybridized carbons (Fsp3) is 0.143. The van der Waals surface area contributed by atoms with E-state index in [2.05, 4.69) is 22.3 Å². The zero-order valence-electron chi connectivity index (χ0n) is 10.6. The van der Waals surface area contributed by atoms with E-state index in [1.807, 2.05) is 38.4 Å². The van der Waals surface area contributed by atoms with E-state index in [1.165, 1.54) is 0 Å². The number of nitrogens with zero attached hydrogens (tertiary/aromatic N) is 1. The molecule has 0 fully saturated rings. The van der Waals surface area contributed by atoms with E-state index in [9.17, 15) is 0 Å². The third-order valence-corrected chi connectivity index (χ3v) is 2.74. The number of anilines is 5. The summed E-state index contributed by atoms with van der Waals surface area (Å²) in [5.41, 5.74) is 15.7. The standard InChI is InChI=1S/C14H18N4/c1-18(2)12-5-3-4-10(8-12)17-11-6-7-13(15)14(16)9-11/h3-9,17H,15-16H2,1-2H3. The first-order valence-corrected chi connectivity index (χ1v) is 5.75. The van der Waals surface area contributed by atoms with Crippen molar-refractivity contribution in [1.82, 2.24) is 0 Å². The van der Waals surface area contributed by atoms with Crippen LogP contribution in [0.1, 0.15) is 0 Å². The second-order valence-corrected chi connectivity index (χ2v) is 4.41. The molecule has 0 aliphatic carbocycles. The number of nitrogens with one attached hydrogen (secondary N) is 1. The molecule has 0 saturated heterocycles. The molecule has 0 aliphatic heterocycles. The van der Waals surface area contributed by atoms with E-state index >= 15 is 0 Å². The molecule has 2 aromatic carbocycles. The molecular formula is C14H18N4. The fourth-order valence-corrected chi connectivity index (χ4v) is 1.68. The summed E-state index contributed by atoms with van der Waals surface area (Å²) in [5.74, 6) is 0. The molecule has 0 unspecified atom stereocenters. The zero-order chi connectivity index (χ0) is 13.1. The third-order valence-electron chi connectivity index (χ3n) is 2.74. The molecule has 0 aliphatic rings. The molecule has 0 spiro atoms. The second kappa shape index (κ2) is 4.87. The number of nitrogen functional groups attached to an aromatic ring is 2. The van der Waals surface area contributed by atoms with Gasteiger partial charge in [-0.25, -0.2) is 0 Å². The van der Waals surface area contributed by atoms with Crippen molar-refractivity contribution in [2.75, 3.05) is 35.8 Å². The van der Waals surface area contributed by atoms with Gasteiger partial charge in [0.1, 0.15) is 0 Å². The van der Waals surface area contributed by atoms with Gasteiger partial charge in [-0.05, 0) is 36.4 Å². The highest BCUT2D eigenvalue weighted by Crippen LogP contribution is 2.25. The molecule has 94 valence electrons. The normalized spacial score (nSPS) is 10.1. The maximum Gasteiger partial charge on any atom is 0.0568 e. The van der Waals surface area contributed by atoms with Gasteiger partial charge in [-0.1, -0.05) is 6.07 Å². The third kappa shape index (κ3) is 2.66. The van der Waals surface area contributed by atoms with Gasteiger partial charge in [-0.3, -0.25) is 0 Å². The molecule has 18 heavy (non-hydrogen) atoms. The Kier molecular flexibility index (Phi) is 3.28. The SMILES string of the molecule is CN(C)c1cccc(Nc2ccc(N)c(N)c2)c1. The molecule has 2 aromatic rings. The van der Waals surface area contributed by atoms with Gasteiger partial charge in [-0.2, -0.15) is 0 Å². The van der Waals surface area contributed by atoms with Crippen molar-refractivity contribution in [2.45, 2.75) is 0 Å². The fourth-order valence-electron chi connectivity index (χ4n) is 1.68. The van der Waals surface area contributed by atoms with Crippen LogP contribution < -0.4 is 21.7 Å². The van der Waals surface area contributed by atoms with Gasteiger partial charge < -0.3 is 21.7 Å². The zero-order valence-corrected chi connectivity index (χ0v) is 10.6. The predicted molar refractivity (Wildman–Crippen MR) is 79.3 cm³/mol. The van der Waals surface area contributed by atoms with E-state index in [0.29, 0.717) is 11.4 Å². The lowest BCUT2D eigenvalue weighted by molar-refractivity contribution is 1.13. The Hall–Kier alpha value is -2.36. The maximum atomic E-state index is 5.78. The second-order valence-electron chi connectivity index (χ2n) is 4.41. The van der Waals surface area contributed by atoms with Gasteiger partial charge in [0.25, 0.3) is 0 Å². The summed E-state index contributed by atoms with van der Waals surface area (Å²) in [5, 5.41) is 3.30. The van der Waals surface area contributed by atoms with Crippen LogP contribution in [-0.4, -0.2) is 14.1 Å². The van der Waals surface area contributed by atoms with Gasteiger partial charge >= 0.3 is 0 Å². The topological polar surface area (TPSA) is 67.3 Å². The lowest BCUT2D eigenvalue weighted by Gasteiger charge is -2.14. The minimum Gasteiger partial charge on any atom is -0.397 e. The molecule has 0 bridgehead atoms. The molecular weight excluding hydrogens is 224 g/mol. The molecule has 5 N–H and O–H groups in total. The van der Waals surface area contributed by atoms with Crippen LogP contribution in [0.4, 0.5) is 28.4 Å². The predicted octanol–water partition coefficient (Wildman–Crippen LogP) is 2.66. The van der Waals surface area contributed by atoms with Crippen molar-refractivity contribution in [2.24, 2.45) is 0 Å². The lowest BCUT2D eigenvalue weighted by Crippen LogP contribution is -2.08. The van der Waals surface area contributed by atoms with Crippen molar-refractivity contribution in [1.29, 1.82) is 0 Å². The summed E-state index contributed by atoms with van der Waals surface area (Å²) in [6.07, 6.45) is 0. The average Bonchev–Trinajstić information content (AvgIpc) is 2.34. The Morgan fingerprint density at radius 2 is 1.61 bits per heavy atom. The quantitative estimate of drug-likeness (QED) is 0.724. The Morgan fingerprint density at radius 3 is 2.28 bits per heavy atom. The Bertz CT molecular complexity index is 549. The first kappa shape index (κ1) is 12.1. The number of benzene rings is 2. The Labute approximate surface area is 107 Å². The van der Waals surface area contributed by atoms with Crippen LogP contribution in [0.3, 0.4) is 0 Å². The van der Waals surface area contributed by atoms with Crippen molar-refractivity contribution in [3.8, 4) is 0 Å². The van der Waals surface area contributed by atoms with Crippen molar-refractivity contribution in [3.05, 3.63) is 42.5 Å². The number of hydrogen-bond donors (Lipinski definition) is 3. The Morgan fingerprint density at radius 1 is 0.889 bits per heavy atom. The molecule has 0 atom stereocenters. The number of rotatable bonds is 3. The van der Waals surface area contributed by atoms with Gasteiger partial charge in [0.05, 0.1) is 11.4 Å². The smallest absolute Gasteiger partial charge is 0.0568 e. The van der Waals surface area contributed by atoms with Crippen LogP contribution in [0.25, 0.3) is 0 Å². The summed E-state index contributed by atoms with van der Waals surface area (Å²) < 4.78 is 0. The first-order valence-electron chi connectivity index (χ1n) is 5.75. The van der Waals surface area contributed by atoms with Crippen LogP contribution in [0.15, 0.2) is 42.5 Å². The molecule has 4 nitrogen and oxygen atoms in total. The minimum absolute atomic E-state index is 0.587. The van der Waals surface area contributed by atoms with E-state index in [-0.39, 0.29) is 0 Å². The van der Waals surface area contributed by atoms with E-state index in [0.717, 1.165) is 17.1 Å². The minimum atomic E-state index is 0.587. The molecule has 0 saturated carbocycles. The number of hydrogen-bond acceptors (Lipinski definition) is 4. The maximum absolute atomic E-state index is 5.78. The highest BCUT2D eigenvalue weighted by atomic mass is 15.1. The van der Waals surface area contributed by atoms with Crippen LogP contribution in [-0.2, 0) is 0 Å². The largest absolute Gasteiger partial charge is 0.397 e. The summed E-state index contributed by atoms with van der Waals surface area (Å²) in [4.78, 5) is 2.06. The highest BCUT2D eigenvalue weighted by molar-refractivity contribution is 5.73. The van der Waals surface area contributed by atoms with Crippen molar-refractivity contribution in [3.63, 3.8) is 0 Å². The highest BCUT2D eigenvalue weighted by Gasteiger charge is 2.00. The molecule has 0 amide bonds. The summed E-state index contributed by atoms with van der Waals surface area (Å²) in [6.45, 7) is 0. The lowest BCUT2D eigenvalue weighted by atomic mass is 10.2. The van der Waals surface area contributed by atoms with E-state index < -0.39 is 0 Å². The van der Waals surface area contributed by atoms with Gasteiger partial charge in [0.2, 0.25) is 0 Å². The first-order chi connectivity index (χ1) is 8.56. The molecule has 4 heteroatoms. The van der Waals surface area contributed by atoms with Gasteiger partial charge in [-0.15, -0.1) is 0 Å². The van der Waals surface area contributed by atoms with E-state index in [1.54, 1.807) is 6.07 Å². The van der Waals surface area contributed by atoms with Crippen LogP contribution in [0, 0.1) is 0 Å². The molecule has 0 aromatic heterocycles. The van der Waals surface area contributed by atoms with Crippen molar-refractivity contribution < 1.29 is 0 Å². The van der Waals surface area contributed by atoms with Gasteiger partial charge in [0.15, 0.2) is 0 Å². The summed E-state index contributed by atoms with van der Waals surface area (Å²) >= 11 is 0. The van der Waals surface area contributed by atoms with Crippen LogP contribution in [0.2, 0.25) is 0 Å².